The van der Waals surface area contributed by atoms with Gasteiger partial charge >= 0.3 is 5.79 Å². The summed E-state index contributed by atoms with van der Waals surface area (Å²) in [7, 11) is 0. The highest BCUT2D eigenvalue weighted by atomic mass is 16.7. The predicted molar refractivity (Wildman–Crippen MR) is 161 cm³/mol. The third kappa shape index (κ3) is 3.45. The lowest BCUT2D eigenvalue weighted by atomic mass is 9.94. The normalized spacial score (nSPS) is 13.6. The molecule has 8 rings (SSSR count). The smallest absolute Gasteiger partial charge is 0.305 e. The summed E-state index contributed by atoms with van der Waals surface area (Å²) in [6, 6.07) is 52.5. The van der Waals surface area contributed by atoms with E-state index in [4.69, 9.17) is 9.47 Å². The van der Waals surface area contributed by atoms with Gasteiger partial charge in [-0.15, -0.1) is 0 Å². The van der Waals surface area contributed by atoms with Crippen molar-refractivity contribution in [2.45, 2.75) is 5.79 Å². The first kappa shape index (κ1) is 22.7. The van der Waals surface area contributed by atoms with Crippen LogP contribution in [-0.4, -0.2) is 4.57 Å². The van der Waals surface area contributed by atoms with Crippen LogP contribution >= 0.6 is 0 Å². The number of aromatic nitrogens is 1. The summed E-state index contributed by atoms with van der Waals surface area (Å²) in [5.74, 6) is 0.461. The van der Waals surface area contributed by atoms with E-state index >= 15 is 0 Å². The summed E-state index contributed by atoms with van der Waals surface area (Å²) >= 11 is 0. The van der Waals surface area contributed by atoms with Gasteiger partial charge in [-0.2, -0.15) is 0 Å². The van der Waals surface area contributed by atoms with Crippen LogP contribution < -0.4 is 9.47 Å². The lowest BCUT2D eigenvalue weighted by molar-refractivity contribution is -0.0459. The zero-order valence-corrected chi connectivity index (χ0v) is 21.7. The highest BCUT2D eigenvalue weighted by Crippen LogP contribution is 2.47. The molecule has 1 aliphatic rings. The first-order valence-electron chi connectivity index (χ1n) is 13.5. The molecule has 6 aromatic carbocycles. The van der Waals surface area contributed by atoms with E-state index in [2.05, 4.69) is 114 Å². The first-order chi connectivity index (χ1) is 19.8. The van der Waals surface area contributed by atoms with Crippen molar-refractivity contribution in [2.24, 2.45) is 0 Å². The van der Waals surface area contributed by atoms with E-state index in [1.165, 1.54) is 27.4 Å². The monoisotopic (exact) mass is 515 g/mol. The Balaban J connectivity index is 1.23. The number of hydrogen-bond donors (Lipinski definition) is 0. The Bertz CT molecular complexity index is 1970. The summed E-state index contributed by atoms with van der Waals surface area (Å²) in [6.45, 7) is 0. The zero-order valence-electron chi connectivity index (χ0n) is 21.7. The Hall–Kier alpha value is -5.28. The van der Waals surface area contributed by atoms with Gasteiger partial charge < -0.3 is 14.0 Å². The third-order valence-corrected chi connectivity index (χ3v) is 7.80. The maximum absolute atomic E-state index is 6.54. The number of benzene rings is 6. The first-order valence-corrected chi connectivity index (χ1v) is 13.5. The lowest BCUT2D eigenvalue weighted by Gasteiger charge is -2.28. The second-order valence-corrected chi connectivity index (χ2v) is 10.1. The Morgan fingerprint density at radius 2 is 0.975 bits per heavy atom. The van der Waals surface area contributed by atoms with Crippen molar-refractivity contribution in [3.63, 3.8) is 0 Å². The average Bonchev–Trinajstić information content (AvgIpc) is 3.59. The molecule has 0 saturated heterocycles. The summed E-state index contributed by atoms with van der Waals surface area (Å²) in [4.78, 5) is 0. The molecule has 7 aromatic rings. The fourth-order valence-corrected chi connectivity index (χ4v) is 5.90. The fourth-order valence-electron chi connectivity index (χ4n) is 5.90. The summed E-state index contributed by atoms with van der Waals surface area (Å²) in [6.07, 6.45) is 0. The molecular formula is C37H25NO2. The Morgan fingerprint density at radius 3 is 1.70 bits per heavy atom. The number of nitrogens with zero attached hydrogens (tertiary/aromatic N) is 1. The van der Waals surface area contributed by atoms with Crippen LogP contribution in [0, 0.1) is 0 Å². The molecule has 0 unspecified atom stereocenters. The van der Waals surface area contributed by atoms with Gasteiger partial charge in [0.1, 0.15) is 0 Å². The maximum Gasteiger partial charge on any atom is 0.305 e. The van der Waals surface area contributed by atoms with Crippen LogP contribution in [0.4, 0.5) is 0 Å². The SMILES string of the molecule is c1ccc(-n2c3ccccc3c3cc(-c4ccc(C5(c6ccccc6)Oc6ccccc6O5)cc4)ccc32)cc1. The molecular weight excluding hydrogens is 490 g/mol. The minimum Gasteiger partial charge on any atom is -0.440 e. The second kappa shape index (κ2) is 8.89. The van der Waals surface area contributed by atoms with Gasteiger partial charge in [0.15, 0.2) is 11.5 Å². The number of ether oxygens (including phenoxy) is 2. The standard InChI is InChI=1S/C37H25NO2/c1-3-11-28(12-4-1)37(39-35-17-9-10-18-36(35)40-37)29-22-19-26(20-23-29)27-21-24-34-32(25-27)31-15-7-8-16-33(31)38(34)30-13-5-2-6-14-30/h1-25H. The zero-order chi connectivity index (χ0) is 26.5. The molecule has 40 heavy (non-hydrogen) atoms. The van der Waals surface area contributed by atoms with E-state index in [0.29, 0.717) is 0 Å². The van der Waals surface area contributed by atoms with Crippen LogP contribution in [0.25, 0.3) is 38.6 Å². The van der Waals surface area contributed by atoms with Gasteiger partial charge in [-0.1, -0.05) is 109 Å². The van der Waals surface area contributed by atoms with Crippen LogP contribution in [0.5, 0.6) is 11.5 Å². The van der Waals surface area contributed by atoms with Gasteiger partial charge in [-0.3, -0.25) is 0 Å². The lowest BCUT2D eigenvalue weighted by Crippen LogP contribution is -2.36. The molecule has 3 heteroatoms. The van der Waals surface area contributed by atoms with Gasteiger partial charge in [0.25, 0.3) is 0 Å². The van der Waals surface area contributed by atoms with Crippen molar-refractivity contribution in [1.82, 2.24) is 4.57 Å². The van der Waals surface area contributed by atoms with E-state index in [1.54, 1.807) is 0 Å². The molecule has 2 heterocycles. The Morgan fingerprint density at radius 1 is 0.425 bits per heavy atom. The predicted octanol–water partition coefficient (Wildman–Crippen LogP) is 9.12. The average molecular weight is 516 g/mol. The van der Waals surface area contributed by atoms with Crippen LogP contribution in [0.1, 0.15) is 11.1 Å². The van der Waals surface area contributed by atoms with Gasteiger partial charge in [-0.05, 0) is 53.6 Å². The highest BCUT2D eigenvalue weighted by Gasteiger charge is 2.45. The number of rotatable bonds is 4. The van der Waals surface area contributed by atoms with Crippen LogP contribution in [0.3, 0.4) is 0 Å². The molecule has 0 N–H and O–H groups in total. The molecule has 190 valence electrons. The largest absolute Gasteiger partial charge is 0.440 e. The van der Waals surface area contributed by atoms with Crippen molar-refractivity contribution in [3.05, 3.63) is 163 Å². The second-order valence-electron chi connectivity index (χ2n) is 10.1. The summed E-state index contributed by atoms with van der Waals surface area (Å²) in [5, 5.41) is 2.48. The quantitative estimate of drug-likeness (QED) is 0.233. The molecule has 0 radical (unpaired) electrons. The number of fused-ring (bicyclic) bond motifs is 4. The van der Waals surface area contributed by atoms with Crippen molar-refractivity contribution >= 4 is 21.8 Å². The van der Waals surface area contributed by atoms with Crippen LogP contribution in [-0.2, 0) is 5.79 Å². The highest BCUT2D eigenvalue weighted by molar-refractivity contribution is 6.10. The molecule has 0 fully saturated rings. The van der Waals surface area contributed by atoms with Crippen LogP contribution in [0.15, 0.2) is 152 Å². The molecule has 3 nitrogen and oxygen atoms in total. The topological polar surface area (TPSA) is 23.4 Å². The van der Waals surface area contributed by atoms with Crippen molar-refractivity contribution in [1.29, 1.82) is 0 Å². The van der Waals surface area contributed by atoms with Gasteiger partial charge in [0, 0.05) is 27.6 Å². The van der Waals surface area contributed by atoms with E-state index in [9.17, 15) is 0 Å². The molecule has 1 aliphatic heterocycles. The van der Waals surface area contributed by atoms with Crippen LogP contribution in [0.2, 0.25) is 0 Å². The molecule has 0 saturated carbocycles. The van der Waals surface area contributed by atoms with E-state index in [0.717, 1.165) is 33.9 Å². The molecule has 1 aromatic heterocycles. The Labute approximate surface area is 232 Å². The molecule has 0 atom stereocenters. The number of para-hydroxylation sites is 4. The van der Waals surface area contributed by atoms with Gasteiger partial charge in [0.05, 0.1) is 11.0 Å². The summed E-state index contributed by atoms with van der Waals surface area (Å²) < 4.78 is 15.4. The third-order valence-electron chi connectivity index (χ3n) is 7.80. The Kier molecular flexibility index (Phi) is 5.04. The summed E-state index contributed by atoms with van der Waals surface area (Å²) in [5.41, 5.74) is 7.77. The van der Waals surface area contributed by atoms with Gasteiger partial charge in [-0.25, -0.2) is 0 Å². The minimum atomic E-state index is -1.03. The molecule has 0 spiro atoms. The van der Waals surface area contributed by atoms with Gasteiger partial charge in [0.2, 0.25) is 0 Å². The van der Waals surface area contributed by atoms with E-state index in [-0.39, 0.29) is 0 Å². The van der Waals surface area contributed by atoms with Crippen molar-refractivity contribution in [2.75, 3.05) is 0 Å². The van der Waals surface area contributed by atoms with E-state index in [1.807, 2.05) is 42.5 Å². The van der Waals surface area contributed by atoms with Crippen molar-refractivity contribution in [3.8, 4) is 28.3 Å². The molecule has 0 bridgehead atoms. The molecule has 0 aliphatic carbocycles. The van der Waals surface area contributed by atoms with Crippen molar-refractivity contribution < 1.29 is 9.47 Å². The minimum absolute atomic E-state index is 0.746. The maximum atomic E-state index is 6.54. The molecule has 0 amide bonds. The number of hydrogen-bond acceptors (Lipinski definition) is 2. The van der Waals surface area contributed by atoms with E-state index < -0.39 is 5.79 Å². The fraction of sp³-hybridized carbons (Fsp3) is 0.0270.